The topological polar surface area (TPSA) is 70.8 Å². The maximum Gasteiger partial charge on any atom is 0.253 e. The molecule has 6 nitrogen and oxygen atoms in total. The van der Waals surface area contributed by atoms with Gasteiger partial charge in [-0.15, -0.1) is 0 Å². The monoisotopic (exact) mass is 432 g/mol. The van der Waals surface area contributed by atoms with E-state index in [1.54, 1.807) is 4.90 Å². The van der Waals surface area contributed by atoms with Crippen LogP contribution >= 0.6 is 0 Å². The van der Waals surface area contributed by atoms with Gasteiger partial charge in [0.1, 0.15) is 0 Å². The van der Waals surface area contributed by atoms with E-state index in [4.69, 9.17) is 0 Å². The van der Waals surface area contributed by atoms with E-state index in [1.165, 1.54) is 6.42 Å². The molecule has 0 bridgehead atoms. The molecule has 0 aliphatic carbocycles. The van der Waals surface area contributed by atoms with Crippen LogP contribution in [0.5, 0.6) is 0 Å². The summed E-state index contributed by atoms with van der Waals surface area (Å²) < 4.78 is 0. The summed E-state index contributed by atoms with van der Waals surface area (Å²) in [5.41, 5.74) is 4.25. The summed E-state index contributed by atoms with van der Waals surface area (Å²) in [5, 5.41) is 19.6. The molecule has 0 aromatic heterocycles. The van der Waals surface area contributed by atoms with E-state index in [0.717, 1.165) is 62.3 Å². The van der Waals surface area contributed by atoms with Crippen molar-refractivity contribution in [1.82, 2.24) is 14.7 Å². The third-order valence-electron chi connectivity index (χ3n) is 6.55. The molecule has 1 unspecified atom stereocenters. The van der Waals surface area contributed by atoms with Gasteiger partial charge in [-0.1, -0.05) is 24.3 Å². The number of β-amino-alcohol motifs (C(OH)–C–C–N with tert-alkyl or cyclic N) is 1. The van der Waals surface area contributed by atoms with Crippen molar-refractivity contribution in [2.45, 2.75) is 31.9 Å². The average molecular weight is 433 g/mol. The molecule has 6 heteroatoms. The molecule has 4 rings (SSSR count). The number of aliphatic hydroxyl groups is 1. The summed E-state index contributed by atoms with van der Waals surface area (Å²) in [6, 6.07) is 16.0. The first kappa shape index (κ1) is 22.5. The van der Waals surface area contributed by atoms with E-state index >= 15 is 0 Å². The van der Waals surface area contributed by atoms with Crippen LogP contribution in [-0.2, 0) is 6.54 Å². The zero-order valence-corrected chi connectivity index (χ0v) is 18.8. The van der Waals surface area contributed by atoms with E-state index in [2.05, 4.69) is 29.0 Å². The Morgan fingerprint density at radius 1 is 1.06 bits per heavy atom. The number of nitriles is 1. The lowest BCUT2D eigenvalue weighted by Gasteiger charge is -2.30. The molecule has 2 aromatic rings. The van der Waals surface area contributed by atoms with Crippen molar-refractivity contribution in [3.63, 3.8) is 0 Å². The van der Waals surface area contributed by atoms with Gasteiger partial charge in [0.25, 0.3) is 5.91 Å². The fourth-order valence-corrected chi connectivity index (χ4v) is 4.66. The summed E-state index contributed by atoms with van der Waals surface area (Å²) in [4.78, 5) is 19.3. The molecule has 168 valence electrons. The second-order valence-electron chi connectivity index (χ2n) is 9.05. The van der Waals surface area contributed by atoms with Crippen LogP contribution in [0.1, 0.15) is 40.7 Å². The van der Waals surface area contributed by atoms with Crippen molar-refractivity contribution in [3.05, 3.63) is 59.2 Å². The molecular formula is C26H32N4O2. The number of piperidine rings is 1. The Balaban J connectivity index is 1.47. The lowest BCUT2D eigenvalue weighted by Crippen LogP contribution is -2.42. The van der Waals surface area contributed by atoms with E-state index in [1.807, 2.05) is 36.4 Å². The third-order valence-corrected chi connectivity index (χ3v) is 6.55. The largest absolute Gasteiger partial charge is 0.391 e. The van der Waals surface area contributed by atoms with Crippen LogP contribution < -0.4 is 0 Å². The van der Waals surface area contributed by atoms with E-state index in [-0.39, 0.29) is 5.91 Å². The molecule has 2 fully saturated rings. The van der Waals surface area contributed by atoms with Crippen molar-refractivity contribution in [2.75, 3.05) is 46.3 Å². The van der Waals surface area contributed by atoms with Gasteiger partial charge in [-0.25, -0.2) is 0 Å². The number of hydrogen-bond acceptors (Lipinski definition) is 5. The second-order valence-corrected chi connectivity index (χ2v) is 9.05. The molecule has 2 aromatic carbocycles. The quantitative estimate of drug-likeness (QED) is 0.804. The average Bonchev–Trinajstić information content (AvgIpc) is 3.02. The number of hydrogen-bond donors (Lipinski definition) is 1. The molecule has 0 spiro atoms. The van der Waals surface area contributed by atoms with Gasteiger partial charge in [-0.3, -0.25) is 9.69 Å². The Labute approximate surface area is 190 Å². The molecule has 1 N–H and O–H groups in total. The van der Waals surface area contributed by atoms with Gasteiger partial charge in [0.05, 0.1) is 17.7 Å². The van der Waals surface area contributed by atoms with E-state index in [9.17, 15) is 15.2 Å². The van der Waals surface area contributed by atoms with Gasteiger partial charge in [-0.05, 0) is 74.3 Å². The zero-order valence-electron chi connectivity index (χ0n) is 18.8. The number of aliphatic hydroxyl groups excluding tert-OH is 1. The van der Waals surface area contributed by atoms with Gasteiger partial charge >= 0.3 is 0 Å². The number of rotatable bonds is 4. The van der Waals surface area contributed by atoms with Crippen molar-refractivity contribution in [1.29, 1.82) is 5.26 Å². The molecule has 0 saturated carbocycles. The Bertz CT molecular complexity index is 982. The second kappa shape index (κ2) is 10.3. The Morgan fingerprint density at radius 2 is 1.88 bits per heavy atom. The van der Waals surface area contributed by atoms with Crippen LogP contribution in [0, 0.1) is 11.3 Å². The first-order valence-corrected chi connectivity index (χ1v) is 11.5. The molecule has 32 heavy (non-hydrogen) atoms. The minimum atomic E-state index is -0.432. The van der Waals surface area contributed by atoms with Gasteiger partial charge in [0.2, 0.25) is 0 Å². The summed E-state index contributed by atoms with van der Waals surface area (Å²) >= 11 is 0. The van der Waals surface area contributed by atoms with Gasteiger partial charge in [0.15, 0.2) is 0 Å². The summed E-state index contributed by atoms with van der Waals surface area (Å²) in [5.74, 6) is -0.0470. The predicted molar refractivity (Wildman–Crippen MR) is 125 cm³/mol. The highest BCUT2D eigenvalue weighted by molar-refractivity contribution is 5.95. The van der Waals surface area contributed by atoms with Gasteiger partial charge in [0, 0.05) is 38.3 Å². The first-order valence-electron chi connectivity index (χ1n) is 11.5. The number of nitrogens with zero attached hydrogens (tertiary/aromatic N) is 4. The summed E-state index contributed by atoms with van der Waals surface area (Å²) in [6.07, 6.45) is 2.32. The van der Waals surface area contributed by atoms with E-state index in [0.29, 0.717) is 24.2 Å². The summed E-state index contributed by atoms with van der Waals surface area (Å²) in [6.45, 7) is 6.28. The molecule has 2 saturated heterocycles. The van der Waals surface area contributed by atoms with Crippen LogP contribution in [0.15, 0.2) is 42.5 Å². The number of likely N-dealkylation sites (tertiary alicyclic amines) is 1. The third kappa shape index (κ3) is 5.36. The number of benzene rings is 2. The lowest BCUT2D eigenvalue weighted by molar-refractivity contribution is 0.0474. The highest BCUT2D eigenvalue weighted by Crippen LogP contribution is 2.26. The van der Waals surface area contributed by atoms with Crippen molar-refractivity contribution >= 4 is 5.91 Å². The lowest BCUT2D eigenvalue weighted by atomic mass is 9.96. The molecule has 2 aliphatic heterocycles. The van der Waals surface area contributed by atoms with Crippen molar-refractivity contribution < 1.29 is 9.90 Å². The molecule has 2 aliphatic rings. The number of carbonyl (C=O) groups is 1. The molecule has 1 amide bonds. The highest BCUT2D eigenvalue weighted by atomic mass is 16.3. The maximum atomic E-state index is 12.7. The SMILES string of the molecule is CN1CCCN(Cc2ccc(-c3ccc(C(=O)N4CCCC(O)C4)cc3)c(C#N)c2)CC1. The molecule has 2 heterocycles. The van der Waals surface area contributed by atoms with E-state index < -0.39 is 6.10 Å². The fourth-order valence-electron chi connectivity index (χ4n) is 4.66. The molecule has 1 atom stereocenters. The number of likely N-dealkylation sites (N-methyl/N-ethyl adjacent to an activating group) is 1. The Hall–Kier alpha value is -2.72. The van der Waals surface area contributed by atoms with Crippen molar-refractivity contribution in [2.24, 2.45) is 0 Å². The predicted octanol–water partition coefficient (Wildman–Crippen LogP) is 2.96. The number of carbonyl (C=O) groups excluding carboxylic acids is 1. The minimum Gasteiger partial charge on any atom is -0.391 e. The molecular weight excluding hydrogens is 400 g/mol. The zero-order chi connectivity index (χ0) is 22.5. The standard InChI is InChI=1S/C26H32N4O2/c1-28-11-3-12-29(15-14-28)18-20-5-10-25(23(16-20)17-27)21-6-8-22(9-7-21)26(32)30-13-2-4-24(31)19-30/h5-10,16,24,31H,2-4,11-15,18-19H2,1H3. The smallest absolute Gasteiger partial charge is 0.253 e. The Morgan fingerprint density at radius 3 is 2.62 bits per heavy atom. The van der Waals surface area contributed by atoms with Crippen LogP contribution in [0.2, 0.25) is 0 Å². The number of amides is 1. The van der Waals surface area contributed by atoms with Gasteiger partial charge in [-0.2, -0.15) is 5.26 Å². The normalized spacial score (nSPS) is 20.5. The van der Waals surface area contributed by atoms with Crippen molar-refractivity contribution in [3.8, 4) is 17.2 Å². The minimum absolute atomic E-state index is 0.0470. The summed E-state index contributed by atoms with van der Waals surface area (Å²) in [7, 11) is 2.17. The fraction of sp³-hybridized carbons (Fsp3) is 0.462. The molecule has 0 radical (unpaired) electrons. The van der Waals surface area contributed by atoms with Crippen LogP contribution in [-0.4, -0.2) is 78.1 Å². The highest BCUT2D eigenvalue weighted by Gasteiger charge is 2.23. The maximum absolute atomic E-state index is 12.7. The van der Waals surface area contributed by atoms with Gasteiger partial charge < -0.3 is 14.9 Å². The van der Waals surface area contributed by atoms with Crippen LogP contribution in [0.4, 0.5) is 0 Å². The first-order chi connectivity index (χ1) is 15.5. The Kier molecular flexibility index (Phi) is 7.21. The van der Waals surface area contributed by atoms with Crippen LogP contribution in [0.25, 0.3) is 11.1 Å². The van der Waals surface area contributed by atoms with Crippen LogP contribution in [0.3, 0.4) is 0 Å².